The molecule has 2 aromatic rings. The van der Waals surface area contributed by atoms with Gasteiger partial charge in [-0.15, -0.1) is 24.0 Å². The van der Waals surface area contributed by atoms with Crippen molar-refractivity contribution < 1.29 is 0 Å². The third-order valence-electron chi connectivity index (χ3n) is 4.30. The van der Waals surface area contributed by atoms with Gasteiger partial charge in [0, 0.05) is 19.6 Å². The van der Waals surface area contributed by atoms with Gasteiger partial charge in [-0.1, -0.05) is 25.0 Å². The number of hydrogen-bond acceptors (Lipinski definition) is 2. The largest absolute Gasteiger partial charge is 0.357 e. The topological polar surface area (TPSA) is 54.2 Å². The van der Waals surface area contributed by atoms with Crippen LogP contribution in [0.3, 0.4) is 0 Å². The molecule has 1 aromatic carbocycles. The molecule has 1 aromatic heterocycles. The van der Waals surface area contributed by atoms with Gasteiger partial charge in [0.1, 0.15) is 12.4 Å². The normalized spacial score (nSPS) is 15.7. The molecule has 0 spiro atoms. The third kappa shape index (κ3) is 4.37. The zero-order valence-corrected chi connectivity index (χ0v) is 16.2. The van der Waals surface area contributed by atoms with E-state index in [-0.39, 0.29) is 24.0 Å². The summed E-state index contributed by atoms with van der Waals surface area (Å²) in [5.41, 5.74) is 2.19. The van der Waals surface area contributed by atoms with Gasteiger partial charge in [-0.3, -0.25) is 0 Å². The van der Waals surface area contributed by atoms with Crippen molar-refractivity contribution >= 4 is 41.0 Å². The van der Waals surface area contributed by atoms with Crippen LogP contribution in [0.1, 0.15) is 38.4 Å². The van der Waals surface area contributed by atoms with Gasteiger partial charge in [-0.2, -0.15) is 0 Å². The van der Waals surface area contributed by atoms with Gasteiger partial charge in [0.25, 0.3) is 0 Å². The van der Waals surface area contributed by atoms with Gasteiger partial charge in [-0.25, -0.2) is 9.98 Å². The molecule has 2 N–H and O–H groups in total. The van der Waals surface area contributed by atoms with Gasteiger partial charge >= 0.3 is 0 Å². The van der Waals surface area contributed by atoms with E-state index >= 15 is 0 Å². The molecule has 1 fully saturated rings. The second-order valence-corrected chi connectivity index (χ2v) is 5.90. The molecule has 6 heteroatoms. The van der Waals surface area contributed by atoms with Crippen LogP contribution in [0.5, 0.6) is 0 Å². The van der Waals surface area contributed by atoms with Crippen LogP contribution in [0.2, 0.25) is 0 Å². The molecule has 1 saturated carbocycles. The second kappa shape index (κ2) is 8.52. The maximum absolute atomic E-state index is 4.71. The van der Waals surface area contributed by atoms with Crippen LogP contribution in [-0.2, 0) is 13.6 Å². The fraction of sp³-hybridized carbons (Fsp3) is 0.529. The molecule has 1 heterocycles. The Morgan fingerprint density at radius 3 is 2.74 bits per heavy atom. The van der Waals surface area contributed by atoms with Crippen LogP contribution in [0.15, 0.2) is 29.3 Å². The Morgan fingerprint density at radius 1 is 1.30 bits per heavy atom. The molecule has 3 rings (SSSR count). The molecule has 23 heavy (non-hydrogen) atoms. The Balaban J connectivity index is 0.00000192. The minimum Gasteiger partial charge on any atom is -0.357 e. The quantitative estimate of drug-likeness (QED) is 0.448. The third-order valence-corrected chi connectivity index (χ3v) is 4.30. The minimum absolute atomic E-state index is 0. The van der Waals surface area contributed by atoms with Gasteiger partial charge < -0.3 is 15.2 Å². The molecule has 0 atom stereocenters. The Kier molecular flexibility index (Phi) is 6.68. The predicted octanol–water partition coefficient (Wildman–Crippen LogP) is 3.19. The standard InChI is InChI=1S/C17H25N5.HI/c1-3-18-17(20-13-8-4-5-9-13)19-12-16-21-14-10-6-7-11-15(14)22(16)2;/h6-7,10-11,13H,3-5,8-9,12H2,1-2H3,(H2,18,19,20);1H. The first-order valence-corrected chi connectivity index (χ1v) is 8.23. The van der Waals surface area contributed by atoms with Crippen molar-refractivity contribution in [2.45, 2.75) is 45.2 Å². The Morgan fingerprint density at radius 2 is 2.04 bits per heavy atom. The van der Waals surface area contributed by atoms with E-state index in [9.17, 15) is 0 Å². The summed E-state index contributed by atoms with van der Waals surface area (Å²) < 4.78 is 2.12. The lowest BCUT2D eigenvalue weighted by molar-refractivity contribution is 0.612. The van der Waals surface area contributed by atoms with Gasteiger partial charge in [-0.05, 0) is 31.9 Å². The summed E-state index contributed by atoms with van der Waals surface area (Å²) in [5, 5.41) is 6.88. The predicted molar refractivity (Wildman–Crippen MR) is 106 cm³/mol. The van der Waals surface area contributed by atoms with E-state index < -0.39 is 0 Å². The van der Waals surface area contributed by atoms with Crippen LogP contribution in [0.4, 0.5) is 0 Å². The SMILES string of the molecule is CCNC(=NCc1nc2ccccc2n1C)NC1CCCC1.I. The van der Waals surface area contributed by atoms with Crippen molar-refractivity contribution in [2.75, 3.05) is 6.54 Å². The number of guanidine groups is 1. The zero-order chi connectivity index (χ0) is 15.4. The average molecular weight is 427 g/mol. The fourth-order valence-corrected chi connectivity index (χ4v) is 3.07. The zero-order valence-electron chi connectivity index (χ0n) is 13.9. The Hall–Kier alpha value is -1.31. The number of para-hydroxylation sites is 2. The van der Waals surface area contributed by atoms with E-state index in [1.54, 1.807) is 0 Å². The van der Waals surface area contributed by atoms with Crippen LogP contribution in [0, 0.1) is 0 Å². The van der Waals surface area contributed by atoms with Gasteiger partial charge in [0.05, 0.1) is 11.0 Å². The molecule has 0 aliphatic heterocycles. The molecular weight excluding hydrogens is 401 g/mol. The highest BCUT2D eigenvalue weighted by Crippen LogP contribution is 2.18. The number of aliphatic imine (C=N–C) groups is 1. The first kappa shape index (κ1) is 18.0. The Labute approximate surface area is 155 Å². The highest BCUT2D eigenvalue weighted by atomic mass is 127. The number of aryl methyl sites for hydroxylation is 1. The van der Waals surface area contributed by atoms with Crippen LogP contribution < -0.4 is 10.6 Å². The summed E-state index contributed by atoms with van der Waals surface area (Å²) in [6.45, 7) is 3.56. The molecule has 1 aliphatic carbocycles. The monoisotopic (exact) mass is 427 g/mol. The van der Waals surface area contributed by atoms with E-state index in [1.807, 2.05) is 18.2 Å². The van der Waals surface area contributed by atoms with Crippen molar-refractivity contribution in [2.24, 2.45) is 12.0 Å². The van der Waals surface area contributed by atoms with Crippen molar-refractivity contribution in [1.29, 1.82) is 0 Å². The fourth-order valence-electron chi connectivity index (χ4n) is 3.07. The first-order chi connectivity index (χ1) is 10.8. The van der Waals surface area contributed by atoms with Crippen molar-refractivity contribution in [1.82, 2.24) is 20.2 Å². The molecule has 0 radical (unpaired) electrons. The summed E-state index contributed by atoms with van der Waals surface area (Å²) in [4.78, 5) is 9.39. The van der Waals surface area contributed by atoms with Crippen molar-refractivity contribution in [3.05, 3.63) is 30.1 Å². The van der Waals surface area contributed by atoms with Gasteiger partial charge in [0.15, 0.2) is 5.96 Å². The minimum atomic E-state index is 0. The summed E-state index contributed by atoms with van der Waals surface area (Å²) >= 11 is 0. The van der Waals surface area contributed by atoms with E-state index in [0.29, 0.717) is 12.6 Å². The van der Waals surface area contributed by atoms with Crippen LogP contribution in [-0.4, -0.2) is 28.1 Å². The lowest BCUT2D eigenvalue weighted by Crippen LogP contribution is -2.42. The maximum atomic E-state index is 4.71. The molecule has 0 saturated heterocycles. The van der Waals surface area contributed by atoms with Crippen molar-refractivity contribution in [3.63, 3.8) is 0 Å². The van der Waals surface area contributed by atoms with E-state index in [1.165, 1.54) is 25.7 Å². The number of nitrogens with zero attached hydrogens (tertiary/aromatic N) is 3. The molecule has 1 aliphatic rings. The number of rotatable bonds is 4. The number of imidazole rings is 1. The summed E-state index contributed by atoms with van der Waals surface area (Å²) in [7, 11) is 2.05. The highest BCUT2D eigenvalue weighted by Gasteiger charge is 2.16. The van der Waals surface area contributed by atoms with Gasteiger partial charge in [0.2, 0.25) is 0 Å². The number of aromatic nitrogens is 2. The second-order valence-electron chi connectivity index (χ2n) is 5.90. The molecular formula is C17H26IN5. The molecule has 5 nitrogen and oxygen atoms in total. The number of halogens is 1. The molecule has 0 bridgehead atoms. The highest BCUT2D eigenvalue weighted by molar-refractivity contribution is 14.0. The number of fused-ring (bicyclic) bond motifs is 1. The first-order valence-electron chi connectivity index (χ1n) is 8.23. The van der Waals surface area contributed by atoms with E-state index in [4.69, 9.17) is 4.99 Å². The average Bonchev–Trinajstić information content (AvgIpc) is 3.14. The van der Waals surface area contributed by atoms with Crippen LogP contribution in [0.25, 0.3) is 11.0 Å². The summed E-state index contributed by atoms with van der Waals surface area (Å²) in [6.07, 6.45) is 5.14. The molecule has 0 unspecified atom stereocenters. The maximum Gasteiger partial charge on any atom is 0.191 e. The lowest BCUT2D eigenvalue weighted by Gasteiger charge is -2.16. The molecule has 126 valence electrons. The number of hydrogen-bond donors (Lipinski definition) is 2. The Bertz CT molecular complexity index is 658. The van der Waals surface area contributed by atoms with Crippen LogP contribution >= 0.6 is 24.0 Å². The lowest BCUT2D eigenvalue weighted by atomic mass is 10.2. The van der Waals surface area contributed by atoms with E-state index in [2.05, 4.69) is 40.2 Å². The number of nitrogens with one attached hydrogen (secondary N) is 2. The number of benzene rings is 1. The summed E-state index contributed by atoms with van der Waals surface area (Å²) in [5.74, 6) is 1.89. The smallest absolute Gasteiger partial charge is 0.191 e. The summed E-state index contributed by atoms with van der Waals surface area (Å²) in [6, 6.07) is 8.78. The molecule has 0 amide bonds. The van der Waals surface area contributed by atoms with E-state index in [0.717, 1.165) is 29.4 Å². The van der Waals surface area contributed by atoms with Crippen molar-refractivity contribution in [3.8, 4) is 0 Å².